The minimum Gasteiger partial charge on any atom is -0.395 e. The van der Waals surface area contributed by atoms with Gasteiger partial charge in [-0.15, -0.1) is 0 Å². The maximum Gasteiger partial charge on any atom is 0.124 e. The number of hydrogen-bond acceptors (Lipinski definition) is 3. The van der Waals surface area contributed by atoms with E-state index in [0.29, 0.717) is 25.1 Å². The summed E-state index contributed by atoms with van der Waals surface area (Å²) in [5, 5.41) is 8.75. The molecule has 0 saturated carbocycles. The molecule has 3 nitrogen and oxygen atoms in total. The Kier molecular flexibility index (Phi) is 7.24. The van der Waals surface area contributed by atoms with Crippen molar-refractivity contribution in [3.05, 3.63) is 35.1 Å². The second-order valence-electron chi connectivity index (χ2n) is 4.80. The van der Waals surface area contributed by atoms with E-state index in [2.05, 4.69) is 23.7 Å². The van der Waals surface area contributed by atoms with Crippen LogP contribution in [0.2, 0.25) is 0 Å². The molecule has 1 aromatic rings. The molecule has 1 atom stereocenters. The largest absolute Gasteiger partial charge is 0.395 e. The van der Waals surface area contributed by atoms with Crippen molar-refractivity contribution in [2.45, 2.75) is 25.9 Å². The van der Waals surface area contributed by atoms with Gasteiger partial charge < -0.3 is 9.84 Å². The summed E-state index contributed by atoms with van der Waals surface area (Å²) < 4.78 is 18.5. The normalized spacial score (nSPS) is 12.1. The van der Waals surface area contributed by atoms with Gasteiger partial charge in [0.05, 0.1) is 13.2 Å². The Hall–Kier alpha value is -1.41. The Balaban J connectivity index is 2.86. The van der Waals surface area contributed by atoms with Crippen LogP contribution in [0.5, 0.6) is 0 Å². The van der Waals surface area contributed by atoms with Gasteiger partial charge in [0, 0.05) is 31.7 Å². The minimum absolute atomic E-state index is 0.0163. The molecule has 110 valence electrons. The highest BCUT2D eigenvalue weighted by molar-refractivity contribution is 5.41. The van der Waals surface area contributed by atoms with E-state index in [1.54, 1.807) is 13.2 Å². The zero-order chi connectivity index (χ0) is 15.0. The maximum absolute atomic E-state index is 13.3. The van der Waals surface area contributed by atoms with E-state index in [1.807, 2.05) is 7.05 Å². The molecule has 0 fully saturated rings. The Morgan fingerprint density at radius 3 is 2.85 bits per heavy atom. The van der Waals surface area contributed by atoms with Crippen LogP contribution in [0, 0.1) is 17.7 Å². The molecule has 0 radical (unpaired) electrons. The van der Waals surface area contributed by atoms with E-state index >= 15 is 0 Å². The summed E-state index contributed by atoms with van der Waals surface area (Å²) in [7, 11) is 3.67. The van der Waals surface area contributed by atoms with Gasteiger partial charge in [-0.3, -0.25) is 4.90 Å². The van der Waals surface area contributed by atoms with Crippen molar-refractivity contribution in [1.29, 1.82) is 0 Å². The van der Waals surface area contributed by atoms with Crippen molar-refractivity contribution < 1.29 is 14.2 Å². The molecule has 0 heterocycles. The quantitative estimate of drug-likeness (QED) is 0.809. The van der Waals surface area contributed by atoms with E-state index in [-0.39, 0.29) is 18.5 Å². The first kappa shape index (κ1) is 16.6. The number of aliphatic hydroxyl groups is 1. The average molecular weight is 279 g/mol. The SMILES string of the molecule is COCC(C)N(C)Cc1ccc(F)cc1C#CCCO. The summed E-state index contributed by atoms with van der Waals surface area (Å²) in [6.45, 7) is 3.41. The van der Waals surface area contributed by atoms with Crippen LogP contribution < -0.4 is 0 Å². The van der Waals surface area contributed by atoms with Crippen LogP contribution in [-0.4, -0.2) is 43.4 Å². The number of hydrogen-bond donors (Lipinski definition) is 1. The zero-order valence-corrected chi connectivity index (χ0v) is 12.3. The van der Waals surface area contributed by atoms with Crippen molar-refractivity contribution in [3.8, 4) is 11.8 Å². The van der Waals surface area contributed by atoms with Crippen molar-refractivity contribution in [3.63, 3.8) is 0 Å². The lowest BCUT2D eigenvalue weighted by Crippen LogP contribution is -2.32. The predicted molar refractivity (Wildman–Crippen MR) is 77.8 cm³/mol. The predicted octanol–water partition coefficient (Wildman–Crippen LogP) is 2.03. The Labute approximate surface area is 120 Å². The highest BCUT2D eigenvalue weighted by Crippen LogP contribution is 2.14. The molecule has 0 aromatic heterocycles. The second-order valence-corrected chi connectivity index (χ2v) is 4.80. The van der Waals surface area contributed by atoms with Crippen LogP contribution in [0.15, 0.2) is 18.2 Å². The number of aliphatic hydroxyl groups excluding tert-OH is 1. The fourth-order valence-corrected chi connectivity index (χ4v) is 1.81. The molecule has 0 aliphatic rings. The number of nitrogens with zero attached hydrogens (tertiary/aromatic N) is 1. The molecule has 1 unspecified atom stereocenters. The highest BCUT2D eigenvalue weighted by atomic mass is 19.1. The van der Waals surface area contributed by atoms with Crippen molar-refractivity contribution in [1.82, 2.24) is 4.90 Å². The lowest BCUT2D eigenvalue weighted by Gasteiger charge is -2.24. The molecule has 20 heavy (non-hydrogen) atoms. The first-order chi connectivity index (χ1) is 9.58. The number of benzene rings is 1. The van der Waals surface area contributed by atoms with E-state index in [1.165, 1.54) is 12.1 Å². The lowest BCUT2D eigenvalue weighted by atomic mass is 10.1. The first-order valence-electron chi connectivity index (χ1n) is 6.65. The van der Waals surface area contributed by atoms with E-state index in [0.717, 1.165) is 5.56 Å². The first-order valence-corrected chi connectivity index (χ1v) is 6.65. The van der Waals surface area contributed by atoms with Gasteiger partial charge in [-0.25, -0.2) is 4.39 Å². The Bertz CT molecular complexity index is 479. The molecule has 0 bridgehead atoms. The van der Waals surface area contributed by atoms with Gasteiger partial charge in [-0.2, -0.15) is 0 Å². The third-order valence-electron chi connectivity index (χ3n) is 3.11. The van der Waals surface area contributed by atoms with E-state index < -0.39 is 0 Å². The van der Waals surface area contributed by atoms with Gasteiger partial charge in [-0.1, -0.05) is 17.9 Å². The molecular weight excluding hydrogens is 257 g/mol. The molecule has 1 aromatic carbocycles. The summed E-state index contributed by atoms with van der Waals surface area (Å²) in [4.78, 5) is 2.13. The molecule has 0 spiro atoms. The van der Waals surface area contributed by atoms with Gasteiger partial charge in [0.15, 0.2) is 0 Å². The molecular formula is C16H22FNO2. The molecule has 0 aliphatic carbocycles. The van der Waals surface area contributed by atoms with Crippen molar-refractivity contribution >= 4 is 0 Å². The second kappa shape index (κ2) is 8.70. The third kappa shape index (κ3) is 5.30. The lowest BCUT2D eigenvalue weighted by molar-refractivity contribution is 0.112. The Morgan fingerprint density at radius 1 is 1.45 bits per heavy atom. The summed E-state index contributed by atoms with van der Waals surface area (Å²) in [6, 6.07) is 4.91. The van der Waals surface area contributed by atoms with Crippen LogP contribution >= 0.6 is 0 Å². The summed E-state index contributed by atoms with van der Waals surface area (Å²) in [5.74, 6) is 5.46. The van der Waals surface area contributed by atoms with Gasteiger partial charge >= 0.3 is 0 Å². The van der Waals surface area contributed by atoms with E-state index in [9.17, 15) is 4.39 Å². The average Bonchev–Trinajstić information content (AvgIpc) is 2.42. The van der Waals surface area contributed by atoms with Crippen molar-refractivity contribution in [2.75, 3.05) is 27.4 Å². The summed E-state index contributed by atoms with van der Waals surface area (Å²) in [5.41, 5.74) is 1.65. The number of halogens is 1. The number of methoxy groups -OCH3 is 1. The highest BCUT2D eigenvalue weighted by Gasteiger charge is 2.11. The maximum atomic E-state index is 13.3. The van der Waals surface area contributed by atoms with Crippen LogP contribution in [0.4, 0.5) is 4.39 Å². The molecule has 0 amide bonds. The zero-order valence-electron chi connectivity index (χ0n) is 12.3. The number of rotatable bonds is 6. The molecule has 1 N–H and O–H groups in total. The number of ether oxygens (including phenoxy) is 1. The monoisotopic (exact) mass is 279 g/mol. The van der Waals surface area contributed by atoms with Gasteiger partial charge in [0.1, 0.15) is 5.82 Å². The third-order valence-corrected chi connectivity index (χ3v) is 3.11. The van der Waals surface area contributed by atoms with Crippen molar-refractivity contribution in [2.24, 2.45) is 0 Å². The smallest absolute Gasteiger partial charge is 0.124 e. The minimum atomic E-state index is -0.297. The van der Waals surface area contributed by atoms with Gasteiger partial charge in [0.2, 0.25) is 0 Å². The Morgan fingerprint density at radius 2 is 2.20 bits per heavy atom. The fraction of sp³-hybridized carbons (Fsp3) is 0.500. The van der Waals surface area contributed by atoms with Crippen LogP contribution in [-0.2, 0) is 11.3 Å². The fourth-order valence-electron chi connectivity index (χ4n) is 1.81. The van der Waals surface area contributed by atoms with Gasteiger partial charge in [0.25, 0.3) is 0 Å². The standard InChI is InChI=1S/C16H22FNO2/c1-13(12-20-3)18(2)11-15-7-8-16(17)10-14(15)6-4-5-9-19/h7-8,10,13,19H,5,9,11-12H2,1-3H3. The van der Waals surface area contributed by atoms with E-state index in [4.69, 9.17) is 9.84 Å². The molecule has 1 rings (SSSR count). The van der Waals surface area contributed by atoms with Crippen LogP contribution in [0.25, 0.3) is 0 Å². The van der Waals surface area contributed by atoms with Crippen LogP contribution in [0.3, 0.4) is 0 Å². The number of likely N-dealkylation sites (N-methyl/N-ethyl adjacent to an activating group) is 1. The summed E-state index contributed by atoms with van der Waals surface area (Å²) in [6.07, 6.45) is 0.395. The van der Waals surface area contributed by atoms with Crippen LogP contribution in [0.1, 0.15) is 24.5 Å². The topological polar surface area (TPSA) is 32.7 Å². The summed E-state index contributed by atoms with van der Waals surface area (Å²) >= 11 is 0. The molecule has 0 aliphatic heterocycles. The molecule has 0 saturated heterocycles. The molecule has 4 heteroatoms. The van der Waals surface area contributed by atoms with Gasteiger partial charge in [-0.05, 0) is 31.7 Å².